The lowest BCUT2D eigenvalue weighted by Gasteiger charge is -2.42. The van der Waals surface area contributed by atoms with Crippen LogP contribution in [0, 0.1) is 23.6 Å². The lowest BCUT2D eigenvalue weighted by atomic mass is 9.59. The van der Waals surface area contributed by atoms with Gasteiger partial charge in [0.15, 0.2) is 23.1 Å². The number of carbonyl (C=O) groups excluding carboxylic acids is 4. The molecule has 3 aromatic rings. The predicted octanol–water partition coefficient (Wildman–Crippen LogP) is 6.69. The highest BCUT2D eigenvalue weighted by Gasteiger charge is 2.56. The van der Waals surface area contributed by atoms with E-state index in [1.54, 1.807) is 26.4 Å². The number of anilines is 1. The Kier molecular flexibility index (Phi) is 7.99. The minimum absolute atomic E-state index is 0.0945. The monoisotopic (exact) mass is 709 g/mol. The van der Waals surface area contributed by atoms with Gasteiger partial charge in [0.05, 0.1) is 36.2 Å². The number of phenols is 1. The summed E-state index contributed by atoms with van der Waals surface area (Å²) in [6, 6.07) is 16.4. The summed E-state index contributed by atoms with van der Waals surface area (Å²) < 4.78 is 25.5. The quantitative estimate of drug-likeness (QED) is 0.132. The zero-order valence-corrected chi connectivity index (χ0v) is 27.5. The third kappa shape index (κ3) is 5.11. The highest BCUT2D eigenvalue weighted by atomic mass is 79.9. The van der Waals surface area contributed by atoms with E-state index in [4.69, 9.17) is 9.47 Å². The van der Waals surface area contributed by atoms with Crippen LogP contribution in [0.4, 0.5) is 10.1 Å². The number of ether oxygens (including phenoxy) is 2. The maximum Gasteiger partial charge on any atom is 0.238 e. The van der Waals surface area contributed by atoms with E-state index < -0.39 is 35.2 Å². The van der Waals surface area contributed by atoms with Crippen molar-refractivity contribution in [2.75, 3.05) is 19.1 Å². The van der Waals surface area contributed by atoms with Crippen molar-refractivity contribution in [3.63, 3.8) is 0 Å². The summed E-state index contributed by atoms with van der Waals surface area (Å²) >= 11 is 3.21. The molecule has 48 heavy (non-hydrogen) atoms. The minimum atomic E-state index is -0.864. The number of Topliss-reactive ketones (excluding diaryl/α,β-unsaturated/α-hetero) is 1. The topological polar surface area (TPSA) is 110 Å². The Morgan fingerprint density at radius 3 is 2.40 bits per heavy atom. The number of hydrogen-bond donors (Lipinski definition) is 1. The summed E-state index contributed by atoms with van der Waals surface area (Å²) in [5.74, 6) is -4.32. The van der Waals surface area contributed by atoms with Crippen molar-refractivity contribution in [2.24, 2.45) is 17.8 Å². The third-order valence-electron chi connectivity index (χ3n) is 9.68. The molecule has 2 amide bonds. The van der Waals surface area contributed by atoms with Crippen molar-refractivity contribution in [1.82, 2.24) is 0 Å². The number of ketones is 2. The molecular weight excluding hydrogens is 681 g/mol. The zero-order chi connectivity index (χ0) is 33.9. The van der Waals surface area contributed by atoms with Crippen molar-refractivity contribution in [3.05, 3.63) is 117 Å². The molecule has 0 bridgehead atoms. The molecule has 3 aromatic carbocycles. The van der Waals surface area contributed by atoms with Crippen LogP contribution >= 0.6 is 15.9 Å². The summed E-state index contributed by atoms with van der Waals surface area (Å²) in [4.78, 5) is 56.0. The second kappa shape index (κ2) is 12.2. The molecule has 1 N–H and O–H groups in total. The number of imide groups is 1. The number of allylic oxidation sites excluding steroid dienone is 6. The van der Waals surface area contributed by atoms with Gasteiger partial charge >= 0.3 is 0 Å². The SMILES string of the molecule is COc1ccc(OC)c(C=Cc2ccc(N3C(=O)[C@H]4[C@H](CC=C5[C@H](c6ccc(O)c(F)c6)C6=C(C[C@H]54)C(=O)C(Br)=CC6=O)C3=O)cc2)c1. The standard InChI is InChI=1S/C38H29BrFNO7/c1-47-23-10-14-32(48-2)20(15-23)6-3-19-4-8-22(9-5-19)41-37(45)25-12-11-24-26(34(25)38(41)46)17-27-35(31(43)18-28(39)36(27)44)33(24)21-7-13-30(42)29(40)16-21/h3-11,13-16,18,25-26,33-34,42H,12,17H2,1-2H3/t25-,26+,33-,34-/m0/s1. The Balaban J connectivity index is 1.21. The molecule has 10 heteroatoms. The highest BCUT2D eigenvalue weighted by molar-refractivity contribution is 9.12. The largest absolute Gasteiger partial charge is 0.505 e. The first-order valence-corrected chi connectivity index (χ1v) is 16.2. The molecular formula is C38H29BrFNO7. The third-order valence-corrected chi connectivity index (χ3v) is 10.3. The van der Waals surface area contributed by atoms with Gasteiger partial charge in [-0.1, -0.05) is 42.0 Å². The summed E-state index contributed by atoms with van der Waals surface area (Å²) in [7, 11) is 3.18. The minimum Gasteiger partial charge on any atom is -0.505 e. The molecule has 8 nitrogen and oxygen atoms in total. The van der Waals surface area contributed by atoms with Gasteiger partial charge in [-0.15, -0.1) is 0 Å². The molecule has 0 saturated carbocycles. The molecule has 0 radical (unpaired) electrons. The van der Waals surface area contributed by atoms with E-state index in [0.717, 1.165) is 17.2 Å². The summed E-state index contributed by atoms with van der Waals surface area (Å²) in [5.41, 5.74) is 3.64. The second-order valence-corrected chi connectivity index (χ2v) is 13.0. The fraction of sp³-hybridized carbons (Fsp3) is 0.211. The number of methoxy groups -OCH3 is 2. The van der Waals surface area contributed by atoms with Crippen molar-refractivity contribution in [2.45, 2.75) is 18.8 Å². The molecule has 1 saturated heterocycles. The second-order valence-electron chi connectivity index (χ2n) is 12.1. The number of phenolic OH excluding ortho intramolecular Hbond substituents is 1. The van der Waals surface area contributed by atoms with Gasteiger partial charge in [0.1, 0.15) is 11.5 Å². The molecule has 4 aliphatic rings. The molecule has 1 fully saturated rings. The molecule has 242 valence electrons. The average molecular weight is 711 g/mol. The molecule has 1 aliphatic heterocycles. The van der Waals surface area contributed by atoms with Crippen LogP contribution in [-0.2, 0) is 19.2 Å². The number of amides is 2. The first-order valence-electron chi connectivity index (χ1n) is 15.4. The molecule has 0 unspecified atom stereocenters. The maximum absolute atomic E-state index is 14.6. The molecule has 7 rings (SSSR count). The van der Waals surface area contributed by atoms with Gasteiger partial charge < -0.3 is 14.6 Å². The van der Waals surface area contributed by atoms with E-state index >= 15 is 0 Å². The van der Waals surface area contributed by atoms with E-state index in [1.165, 1.54) is 23.1 Å². The van der Waals surface area contributed by atoms with Gasteiger partial charge in [-0.05, 0) is 88.3 Å². The average Bonchev–Trinajstić information content (AvgIpc) is 3.35. The van der Waals surface area contributed by atoms with Gasteiger partial charge in [0.2, 0.25) is 11.8 Å². The molecule has 0 spiro atoms. The zero-order valence-electron chi connectivity index (χ0n) is 25.9. The first kappa shape index (κ1) is 31.5. The van der Waals surface area contributed by atoms with E-state index in [1.807, 2.05) is 48.6 Å². The van der Waals surface area contributed by atoms with Crippen LogP contribution in [0.3, 0.4) is 0 Å². The Morgan fingerprint density at radius 2 is 1.69 bits per heavy atom. The van der Waals surface area contributed by atoms with Gasteiger partial charge in [0, 0.05) is 28.7 Å². The summed E-state index contributed by atoms with van der Waals surface area (Å²) in [6.45, 7) is 0. The number of aromatic hydroxyl groups is 1. The number of nitrogens with zero attached hydrogens (tertiary/aromatic N) is 1. The Morgan fingerprint density at radius 1 is 0.917 bits per heavy atom. The van der Waals surface area contributed by atoms with E-state index in [0.29, 0.717) is 28.3 Å². The molecule has 4 atom stereocenters. The van der Waals surface area contributed by atoms with Crippen molar-refractivity contribution >= 4 is 57.2 Å². The first-order chi connectivity index (χ1) is 23.1. The molecule has 0 aromatic heterocycles. The van der Waals surface area contributed by atoms with Gasteiger partial charge in [-0.3, -0.25) is 24.1 Å². The molecule has 3 aliphatic carbocycles. The summed E-state index contributed by atoms with van der Waals surface area (Å²) in [5, 5.41) is 9.86. The Labute approximate surface area is 284 Å². The number of fused-ring (bicyclic) bond motifs is 3. The number of halogens is 2. The van der Waals surface area contributed by atoms with Gasteiger partial charge in [0.25, 0.3) is 0 Å². The van der Waals surface area contributed by atoms with Crippen LogP contribution in [0.5, 0.6) is 17.2 Å². The number of carbonyl (C=O) groups is 4. The van der Waals surface area contributed by atoms with E-state index in [2.05, 4.69) is 15.9 Å². The lowest BCUT2D eigenvalue weighted by Crippen LogP contribution is -2.39. The Bertz CT molecular complexity index is 2040. The predicted molar refractivity (Wildman–Crippen MR) is 180 cm³/mol. The van der Waals surface area contributed by atoms with Crippen LogP contribution in [0.1, 0.15) is 35.4 Å². The number of hydrogen-bond acceptors (Lipinski definition) is 7. The van der Waals surface area contributed by atoms with Crippen molar-refractivity contribution in [1.29, 1.82) is 0 Å². The van der Waals surface area contributed by atoms with Crippen LogP contribution in [0.2, 0.25) is 0 Å². The van der Waals surface area contributed by atoms with Crippen LogP contribution in [0.15, 0.2) is 94.0 Å². The van der Waals surface area contributed by atoms with Crippen molar-refractivity contribution < 1.29 is 38.1 Å². The van der Waals surface area contributed by atoms with Gasteiger partial charge in [-0.25, -0.2) is 4.39 Å². The normalized spacial score (nSPS) is 23.5. The number of rotatable bonds is 6. The highest BCUT2D eigenvalue weighted by Crippen LogP contribution is 2.55. The maximum atomic E-state index is 14.6. The number of benzene rings is 3. The van der Waals surface area contributed by atoms with Crippen LogP contribution in [-0.4, -0.2) is 42.7 Å². The fourth-order valence-corrected chi connectivity index (χ4v) is 7.88. The lowest BCUT2D eigenvalue weighted by molar-refractivity contribution is -0.123. The van der Waals surface area contributed by atoms with Gasteiger partial charge in [-0.2, -0.15) is 0 Å². The Hall–Kier alpha value is -5.09. The molecule has 1 heterocycles. The van der Waals surface area contributed by atoms with Crippen LogP contribution in [0.25, 0.3) is 12.2 Å². The summed E-state index contributed by atoms with van der Waals surface area (Å²) in [6.07, 6.45) is 7.21. The van der Waals surface area contributed by atoms with Crippen molar-refractivity contribution in [3.8, 4) is 17.2 Å². The smallest absolute Gasteiger partial charge is 0.238 e. The van der Waals surface area contributed by atoms with E-state index in [9.17, 15) is 28.7 Å². The van der Waals surface area contributed by atoms with Crippen LogP contribution < -0.4 is 14.4 Å². The fourth-order valence-electron chi connectivity index (χ4n) is 7.43. The van der Waals surface area contributed by atoms with E-state index in [-0.39, 0.29) is 51.9 Å².